The summed E-state index contributed by atoms with van der Waals surface area (Å²) in [6.07, 6.45) is 3.85. The van der Waals surface area contributed by atoms with E-state index in [0.717, 1.165) is 44.8 Å². The van der Waals surface area contributed by atoms with Gasteiger partial charge in [-0.25, -0.2) is 9.18 Å². The number of benzene rings is 1. The zero-order valence-electron chi connectivity index (χ0n) is 18.6. The van der Waals surface area contributed by atoms with Crippen molar-refractivity contribution in [1.82, 2.24) is 10.2 Å². The summed E-state index contributed by atoms with van der Waals surface area (Å²) in [6.45, 7) is 9.32. The number of piperazine rings is 1. The number of ether oxygens (including phenoxy) is 1. The largest absolute Gasteiger partial charge is 0.449 e. The molecule has 1 aromatic carbocycles. The first-order chi connectivity index (χ1) is 14.6. The molecular weight excluding hydrogens is 403 g/mol. The van der Waals surface area contributed by atoms with Gasteiger partial charge in [-0.05, 0) is 58.4 Å². The van der Waals surface area contributed by atoms with Crippen LogP contribution in [-0.2, 0) is 4.74 Å². The highest BCUT2D eigenvalue weighted by Gasteiger charge is 2.30. The minimum atomic E-state index is -0.580. The summed E-state index contributed by atoms with van der Waals surface area (Å²) in [5, 5.41) is 13.6. The van der Waals surface area contributed by atoms with E-state index in [4.69, 9.17) is 4.74 Å². The van der Waals surface area contributed by atoms with E-state index in [1.54, 1.807) is 0 Å². The van der Waals surface area contributed by atoms with Gasteiger partial charge in [0.05, 0.1) is 23.3 Å². The number of carbonyl (C=O) groups excluding carboxylic acids is 1. The van der Waals surface area contributed by atoms with E-state index < -0.39 is 10.7 Å². The van der Waals surface area contributed by atoms with E-state index >= 15 is 0 Å². The lowest BCUT2D eigenvalue weighted by Crippen LogP contribution is -2.51. The molecular formula is C22H33FN4O4. The summed E-state index contributed by atoms with van der Waals surface area (Å²) in [7, 11) is 0. The summed E-state index contributed by atoms with van der Waals surface area (Å²) in [5.41, 5.74) is -0.0926. The Hall–Kier alpha value is -2.42. The van der Waals surface area contributed by atoms with Crippen molar-refractivity contribution in [2.24, 2.45) is 5.92 Å². The van der Waals surface area contributed by atoms with Gasteiger partial charge in [0.2, 0.25) is 0 Å². The Morgan fingerprint density at radius 2 is 1.84 bits per heavy atom. The molecule has 1 aromatic rings. The van der Waals surface area contributed by atoms with Crippen molar-refractivity contribution in [2.45, 2.75) is 58.0 Å². The van der Waals surface area contributed by atoms with Crippen molar-refractivity contribution in [3.8, 4) is 0 Å². The molecule has 3 rings (SSSR count). The fourth-order valence-corrected chi connectivity index (χ4v) is 4.41. The Morgan fingerprint density at radius 3 is 2.39 bits per heavy atom. The van der Waals surface area contributed by atoms with Crippen LogP contribution in [0.25, 0.3) is 0 Å². The van der Waals surface area contributed by atoms with Gasteiger partial charge < -0.3 is 15.0 Å². The number of halogens is 1. The van der Waals surface area contributed by atoms with Gasteiger partial charge in [-0.3, -0.25) is 15.0 Å². The van der Waals surface area contributed by atoms with Gasteiger partial charge in [0.25, 0.3) is 5.69 Å². The van der Waals surface area contributed by atoms with Crippen LogP contribution in [-0.4, -0.2) is 60.3 Å². The predicted molar refractivity (Wildman–Crippen MR) is 117 cm³/mol. The highest BCUT2D eigenvalue weighted by Crippen LogP contribution is 2.30. The topological polar surface area (TPSA) is 88.0 Å². The Balaban J connectivity index is 1.41. The Morgan fingerprint density at radius 1 is 1.19 bits per heavy atom. The van der Waals surface area contributed by atoms with E-state index in [-0.39, 0.29) is 17.3 Å². The predicted octanol–water partition coefficient (Wildman–Crippen LogP) is 3.94. The second-order valence-electron chi connectivity index (χ2n) is 9.56. The molecule has 0 spiro atoms. The normalized spacial score (nSPS) is 22.8. The number of non-ortho nitro benzene ring substituents is 1. The first-order valence-corrected chi connectivity index (χ1v) is 11.0. The van der Waals surface area contributed by atoms with Crippen molar-refractivity contribution in [3.05, 3.63) is 34.1 Å². The Labute approximate surface area is 182 Å². The van der Waals surface area contributed by atoms with Crippen molar-refractivity contribution in [1.29, 1.82) is 0 Å². The van der Waals surface area contributed by atoms with E-state index in [0.29, 0.717) is 37.3 Å². The van der Waals surface area contributed by atoms with Crippen molar-refractivity contribution >= 4 is 17.5 Å². The van der Waals surface area contributed by atoms with Crippen molar-refractivity contribution in [3.63, 3.8) is 0 Å². The molecule has 0 radical (unpaired) electrons. The number of nitrogens with one attached hydrogen (secondary N) is 1. The van der Waals surface area contributed by atoms with Crippen LogP contribution in [0.2, 0.25) is 0 Å². The van der Waals surface area contributed by atoms with Crippen LogP contribution in [0.1, 0.15) is 46.5 Å². The van der Waals surface area contributed by atoms with E-state index in [2.05, 4.69) is 10.2 Å². The highest BCUT2D eigenvalue weighted by atomic mass is 19.1. The SMILES string of the molecule is CC(C)(C)NC(=O)OCC1CCC(N2CCN(c3ccc([N+](=O)[O-])cc3F)CC2)CC1. The average molecular weight is 437 g/mol. The average Bonchev–Trinajstić information content (AvgIpc) is 2.71. The second kappa shape index (κ2) is 9.80. The van der Waals surface area contributed by atoms with E-state index in [1.165, 1.54) is 12.1 Å². The molecule has 1 aliphatic carbocycles. The van der Waals surface area contributed by atoms with Crippen molar-refractivity contribution in [2.75, 3.05) is 37.7 Å². The number of carbonyl (C=O) groups is 1. The minimum absolute atomic E-state index is 0.225. The molecule has 1 saturated carbocycles. The number of alkyl carbamates (subject to hydrolysis) is 1. The smallest absolute Gasteiger partial charge is 0.407 e. The summed E-state index contributed by atoms with van der Waals surface area (Å²) < 4.78 is 19.7. The van der Waals surface area contributed by atoms with Crippen LogP contribution in [0.4, 0.5) is 20.6 Å². The highest BCUT2D eigenvalue weighted by molar-refractivity contribution is 5.68. The van der Waals surface area contributed by atoms with E-state index in [9.17, 15) is 19.3 Å². The lowest BCUT2D eigenvalue weighted by Gasteiger charge is -2.42. The fraction of sp³-hybridized carbons (Fsp3) is 0.682. The molecule has 1 heterocycles. The van der Waals surface area contributed by atoms with Crippen LogP contribution in [0.3, 0.4) is 0 Å². The molecule has 2 fully saturated rings. The van der Waals surface area contributed by atoms with Crippen LogP contribution in [0.15, 0.2) is 18.2 Å². The van der Waals surface area contributed by atoms with Crippen LogP contribution in [0.5, 0.6) is 0 Å². The number of hydrogen-bond acceptors (Lipinski definition) is 6. The van der Waals surface area contributed by atoms with Gasteiger partial charge in [0.15, 0.2) is 5.82 Å². The molecule has 0 unspecified atom stereocenters. The molecule has 172 valence electrons. The molecule has 1 aliphatic heterocycles. The molecule has 1 N–H and O–H groups in total. The van der Waals surface area contributed by atoms with Gasteiger partial charge in [0.1, 0.15) is 0 Å². The Bertz CT molecular complexity index is 782. The maximum Gasteiger partial charge on any atom is 0.407 e. The standard InChI is InChI=1S/C22H33FN4O4/c1-22(2,3)24-21(28)31-15-16-4-6-17(7-5-16)25-10-12-26(13-11-25)20-9-8-18(27(29)30)14-19(20)23/h8-9,14,16-17H,4-7,10-13,15H2,1-3H3,(H,24,28). The monoisotopic (exact) mass is 436 g/mol. The van der Waals surface area contributed by atoms with Gasteiger partial charge >= 0.3 is 6.09 Å². The molecule has 31 heavy (non-hydrogen) atoms. The number of nitrogens with zero attached hydrogens (tertiary/aromatic N) is 3. The number of rotatable bonds is 5. The number of anilines is 1. The summed E-state index contributed by atoms with van der Waals surface area (Å²) in [6, 6.07) is 4.36. The van der Waals surface area contributed by atoms with Crippen molar-refractivity contribution < 1.29 is 18.8 Å². The van der Waals surface area contributed by atoms with Gasteiger partial charge in [-0.15, -0.1) is 0 Å². The second-order valence-corrected chi connectivity index (χ2v) is 9.56. The third kappa shape index (κ3) is 6.53. The van der Waals surface area contributed by atoms with Gasteiger partial charge in [-0.1, -0.05) is 0 Å². The van der Waals surface area contributed by atoms with Crippen LogP contribution in [0, 0.1) is 21.8 Å². The zero-order chi connectivity index (χ0) is 22.6. The van der Waals surface area contributed by atoms with E-state index in [1.807, 2.05) is 25.7 Å². The molecule has 1 amide bonds. The lowest BCUT2D eigenvalue weighted by molar-refractivity contribution is -0.385. The molecule has 8 nitrogen and oxygen atoms in total. The molecule has 9 heteroatoms. The first-order valence-electron chi connectivity index (χ1n) is 11.0. The number of amides is 1. The maximum atomic E-state index is 14.3. The third-order valence-corrected chi connectivity index (χ3v) is 6.06. The Kier molecular flexibility index (Phi) is 7.35. The lowest BCUT2D eigenvalue weighted by atomic mass is 9.85. The van der Waals surface area contributed by atoms with Gasteiger partial charge in [-0.2, -0.15) is 0 Å². The van der Waals surface area contributed by atoms with Crippen LogP contribution >= 0.6 is 0 Å². The number of nitro groups is 1. The molecule has 0 aromatic heterocycles. The minimum Gasteiger partial charge on any atom is -0.449 e. The molecule has 0 atom stereocenters. The third-order valence-electron chi connectivity index (χ3n) is 6.06. The number of hydrogen-bond donors (Lipinski definition) is 1. The maximum absolute atomic E-state index is 14.3. The quantitative estimate of drug-likeness (QED) is 0.556. The van der Waals surface area contributed by atoms with Gasteiger partial charge in [0, 0.05) is 43.8 Å². The summed E-state index contributed by atoms with van der Waals surface area (Å²) in [5.74, 6) is -0.142. The first kappa shape index (κ1) is 23.2. The zero-order valence-corrected chi connectivity index (χ0v) is 18.6. The summed E-state index contributed by atoms with van der Waals surface area (Å²) >= 11 is 0. The molecule has 1 saturated heterocycles. The summed E-state index contributed by atoms with van der Waals surface area (Å²) in [4.78, 5) is 26.5. The number of nitro benzene ring substituents is 1. The molecule has 0 bridgehead atoms. The fourth-order valence-electron chi connectivity index (χ4n) is 4.41. The molecule has 2 aliphatic rings. The van der Waals surface area contributed by atoms with Crippen LogP contribution < -0.4 is 10.2 Å².